The normalized spacial score (nSPS) is 38.5. The first-order valence-corrected chi connectivity index (χ1v) is 5.76. The topological polar surface area (TPSA) is 9.23 Å². The smallest absolute Gasteiger partial charge is 0.0613 e. The molecule has 3 unspecified atom stereocenters. The minimum atomic E-state index is 0.481. The Balaban J connectivity index is 1.89. The van der Waals surface area contributed by atoms with Crippen LogP contribution in [0.4, 0.5) is 0 Å². The summed E-state index contributed by atoms with van der Waals surface area (Å²) in [5, 5.41) is 0. The molecule has 1 nitrogen and oxygen atoms in total. The summed E-state index contributed by atoms with van der Waals surface area (Å²) in [6.07, 6.45) is 7.86. The molecular weight excluding hydrogens is 160 g/mol. The van der Waals surface area contributed by atoms with Crippen LogP contribution >= 0.6 is 0 Å². The minimum Gasteiger partial charge on any atom is -0.375 e. The van der Waals surface area contributed by atoms with E-state index in [1.54, 1.807) is 0 Å². The number of hydrogen-bond acceptors (Lipinski definition) is 1. The maximum atomic E-state index is 6.00. The zero-order chi connectivity index (χ0) is 9.47. The van der Waals surface area contributed by atoms with E-state index in [4.69, 9.17) is 4.74 Å². The Morgan fingerprint density at radius 1 is 1.31 bits per heavy atom. The second kappa shape index (κ2) is 3.27. The molecule has 1 saturated heterocycles. The van der Waals surface area contributed by atoms with Gasteiger partial charge in [-0.25, -0.2) is 0 Å². The molecule has 2 aliphatic rings. The van der Waals surface area contributed by atoms with Crippen LogP contribution in [0, 0.1) is 11.3 Å². The van der Waals surface area contributed by atoms with Crippen molar-refractivity contribution < 1.29 is 4.74 Å². The van der Waals surface area contributed by atoms with Gasteiger partial charge in [-0.3, -0.25) is 0 Å². The fourth-order valence-corrected chi connectivity index (χ4v) is 2.70. The van der Waals surface area contributed by atoms with Gasteiger partial charge >= 0.3 is 0 Å². The molecule has 3 atom stereocenters. The molecule has 0 aromatic rings. The Morgan fingerprint density at radius 2 is 2.08 bits per heavy atom. The fraction of sp³-hybridized carbons (Fsp3) is 1.00. The first kappa shape index (κ1) is 9.51. The molecule has 0 aromatic heterocycles. The van der Waals surface area contributed by atoms with Gasteiger partial charge in [0.05, 0.1) is 12.2 Å². The lowest BCUT2D eigenvalue weighted by atomic mass is 9.81. The third kappa shape index (κ3) is 1.90. The monoisotopic (exact) mass is 182 g/mol. The van der Waals surface area contributed by atoms with Gasteiger partial charge in [-0.2, -0.15) is 0 Å². The van der Waals surface area contributed by atoms with Crippen LogP contribution in [0.15, 0.2) is 0 Å². The number of fused-ring (bicyclic) bond motifs is 2. The Bertz CT molecular complexity index is 186. The van der Waals surface area contributed by atoms with Crippen molar-refractivity contribution in [1.82, 2.24) is 0 Å². The van der Waals surface area contributed by atoms with Crippen LogP contribution < -0.4 is 0 Å². The van der Waals surface area contributed by atoms with Gasteiger partial charge in [-0.1, -0.05) is 27.2 Å². The van der Waals surface area contributed by atoms with E-state index >= 15 is 0 Å². The highest BCUT2D eigenvalue weighted by atomic mass is 16.5. The number of ether oxygens (including phenoxy) is 1. The lowest BCUT2D eigenvalue weighted by Gasteiger charge is -2.31. The van der Waals surface area contributed by atoms with E-state index in [9.17, 15) is 0 Å². The van der Waals surface area contributed by atoms with Crippen molar-refractivity contribution in [3.8, 4) is 0 Å². The van der Waals surface area contributed by atoms with Crippen LogP contribution in [0.1, 0.15) is 52.9 Å². The molecule has 0 radical (unpaired) electrons. The second-order valence-corrected chi connectivity index (χ2v) is 5.59. The predicted octanol–water partition coefficient (Wildman–Crippen LogP) is 3.38. The summed E-state index contributed by atoms with van der Waals surface area (Å²) in [5.41, 5.74) is 0.481. The standard InChI is InChI=1S/C12H22O/c1-4-12(2,3)8-11-9-5-6-10(7-9)13-11/h9-11H,4-8H2,1-3H3. The minimum absolute atomic E-state index is 0.481. The van der Waals surface area contributed by atoms with Crippen molar-refractivity contribution in [3.05, 3.63) is 0 Å². The fourth-order valence-electron chi connectivity index (χ4n) is 2.70. The quantitative estimate of drug-likeness (QED) is 0.650. The summed E-state index contributed by atoms with van der Waals surface area (Å²) in [5.74, 6) is 0.899. The molecule has 0 N–H and O–H groups in total. The maximum Gasteiger partial charge on any atom is 0.0613 e. The molecule has 0 amide bonds. The van der Waals surface area contributed by atoms with Crippen LogP contribution in [0.5, 0.6) is 0 Å². The summed E-state index contributed by atoms with van der Waals surface area (Å²) < 4.78 is 6.00. The molecule has 1 aliphatic heterocycles. The number of hydrogen-bond donors (Lipinski definition) is 0. The largest absolute Gasteiger partial charge is 0.375 e. The molecule has 2 fully saturated rings. The average Bonchev–Trinajstić information content (AvgIpc) is 2.64. The van der Waals surface area contributed by atoms with E-state index in [2.05, 4.69) is 20.8 Å². The Kier molecular flexibility index (Phi) is 2.39. The van der Waals surface area contributed by atoms with Gasteiger partial charge in [0.2, 0.25) is 0 Å². The first-order chi connectivity index (χ1) is 6.11. The second-order valence-electron chi connectivity index (χ2n) is 5.59. The van der Waals surface area contributed by atoms with Gasteiger partial charge < -0.3 is 4.74 Å². The zero-order valence-corrected chi connectivity index (χ0v) is 9.18. The van der Waals surface area contributed by atoms with E-state index < -0.39 is 0 Å². The molecule has 1 heterocycles. The molecule has 1 aliphatic carbocycles. The highest BCUT2D eigenvalue weighted by Gasteiger charge is 2.42. The van der Waals surface area contributed by atoms with E-state index in [1.165, 1.54) is 32.1 Å². The van der Waals surface area contributed by atoms with Gasteiger partial charge in [-0.15, -0.1) is 0 Å². The molecule has 1 saturated carbocycles. The van der Waals surface area contributed by atoms with Gasteiger partial charge in [0, 0.05) is 0 Å². The van der Waals surface area contributed by atoms with E-state index in [1.807, 2.05) is 0 Å². The van der Waals surface area contributed by atoms with Crippen LogP contribution in [-0.4, -0.2) is 12.2 Å². The summed E-state index contributed by atoms with van der Waals surface area (Å²) in [4.78, 5) is 0. The average molecular weight is 182 g/mol. The highest BCUT2D eigenvalue weighted by Crippen LogP contribution is 2.44. The highest BCUT2D eigenvalue weighted by molar-refractivity contribution is 4.91. The Labute approximate surface area is 81.9 Å². The van der Waals surface area contributed by atoms with Crippen molar-refractivity contribution in [3.63, 3.8) is 0 Å². The molecule has 1 heteroatoms. The van der Waals surface area contributed by atoms with Gasteiger partial charge in [0.25, 0.3) is 0 Å². The van der Waals surface area contributed by atoms with Crippen LogP contribution in [0.3, 0.4) is 0 Å². The van der Waals surface area contributed by atoms with Crippen molar-refractivity contribution >= 4 is 0 Å². The Hall–Kier alpha value is -0.0400. The van der Waals surface area contributed by atoms with Crippen molar-refractivity contribution in [2.75, 3.05) is 0 Å². The molecule has 2 rings (SSSR count). The van der Waals surface area contributed by atoms with Crippen molar-refractivity contribution in [2.24, 2.45) is 11.3 Å². The van der Waals surface area contributed by atoms with E-state index in [-0.39, 0.29) is 0 Å². The summed E-state index contributed by atoms with van der Waals surface area (Å²) in [7, 11) is 0. The molecule has 13 heavy (non-hydrogen) atoms. The van der Waals surface area contributed by atoms with Crippen LogP contribution in [0.25, 0.3) is 0 Å². The van der Waals surface area contributed by atoms with Gasteiger partial charge in [0.15, 0.2) is 0 Å². The van der Waals surface area contributed by atoms with Gasteiger partial charge in [0.1, 0.15) is 0 Å². The molecule has 2 bridgehead atoms. The maximum absolute atomic E-state index is 6.00. The van der Waals surface area contributed by atoms with E-state index in [0.29, 0.717) is 17.6 Å². The SMILES string of the molecule is CCC(C)(C)CC1OC2CCC1C2. The summed E-state index contributed by atoms with van der Waals surface area (Å²) >= 11 is 0. The van der Waals surface area contributed by atoms with E-state index in [0.717, 1.165) is 5.92 Å². The van der Waals surface area contributed by atoms with Crippen LogP contribution in [-0.2, 0) is 4.74 Å². The molecular formula is C12H22O. The lowest BCUT2D eigenvalue weighted by Crippen LogP contribution is -2.27. The lowest BCUT2D eigenvalue weighted by molar-refractivity contribution is -0.0199. The third-order valence-corrected chi connectivity index (χ3v) is 4.03. The molecule has 0 spiro atoms. The molecule has 76 valence electrons. The predicted molar refractivity (Wildman–Crippen MR) is 54.7 cm³/mol. The number of rotatable bonds is 3. The van der Waals surface area contributed by atoms with Crippen LogP contribution in [0.2, 0.25) is 0 Å². The molecule has 0 aromatic carbocycles. The third-order valence-electron chi connectivity index (χ3n) is 4.03. The zero-order valence-electron chi connectivity index (χ0n) is 9.18. The summed E-state index contributed by atoms with van der Waals surface area (Å²) in [6, 6.07) is 0. The summed E-state index contributed by atoms with van der Waals surface area (Å²) in [6.45, 7) is 7.01. The van der Waals surface area contributed by atoms with Crippen molar-refractivity contribution in [1.29, 1.82) is 0 Å². The van der Waals surface area contributed by atoms with Crippen molar-refractivity contribution in [2.45, 2.75) is 65.1 Å². The first-order valence-electron chi connectivity index (χ1n) is 5.76. The van der Waals surface area contributed by atoms with Gasteiger partial charge in [-0.05, 0) is 37.0 Å². The Morgan fingerprint density at radius 3 is 2.54 bits per heavy atom.